The smallest absolute Gasteiger partial charge is 0.161 e. The van der Waals surface area contributed by atoms with E-state index in [1.807, 2.05) is 24.3 Å². The molecule has 4 rings (SSSR count). The third kappa shape index (κ3) is 3.73. The molecule has 2 aliphatic rings. The number of benzene rings is 2. The van der Waals surface area contributed by atoms with Crippen LogP contribution in [0.3, 0.4) is 0 Å². The number of ether oxygens (including phenoxy) is 2. The van der Waals surface area contributed by atoms with Crippen LogP contribution >= 0.6 is 0 Å². The van der Waals surface area contributed by atoms with Crippen LogP contribution in [0.5, 0.6) is 11.5 Å². The van der Waals surface area contributed by atoms with Gasteiger partial charge in [-0.05, 0) is 61.8 Å². The lowest BCUT2D eigenvalue weighted by Gasteiger charge is -2.39. The van der Waals surface area contributed by atoms with Crippen LogP contribution in [-0.2, 0) is 12.8 Å². The molecular weight excluding hydrogens is 322 g/mol. The Kier molecular flexibility index (Phi) is 5.16. The van der Waals surface area contributed by atoms with Gasteiger partial charge in [0.05, 0.1) is 7.11 Å². The van der Waals surface area contributed by atoms with Gasteiger partial charge in [-0.2, -0.15) is 0 Å². The molecule has 0 amide bonds. The summed E-state index contributed by atoms with van der Waals surface area (Å²) in [7, 11) is 1.70. The minimum absolute atomic E-state index is 0.276. The fraction of sp³-hybridized carbons (Fsp3) is 0.478. The van der Waals surface area contributed by atoms with Crippen molar-refractivity contribution in [3.05, 3.63) is 59.7 Å². The maximum Gasteiger partial charge on any atom is 0.161 e. The second kappa shape index (κ2) is 7.71. The number of piperidine rings is 1. The van der Waals surface area contributed by atoms with Gasteiger partial charge < -0.3 is 14.4 Å². The lowest BCUT2D eigenvalue weighted by molar-refractivity contribution is 0.0528. The van der Waals surface area contributed by atoms with Gasteiger partial charge in [0, 0.05) is 19.1 Å². The topological polar surface area (TPSA) is 21.7 Å². The van der Waals surface area contributed by atoms with Gasteiger partial charge in [-0.25, -0.2) is 0 Å². The van der Waals surface area contributed by atoms with E-state index in [4.69, 9.17) is 9.47 Å². The summed E-state index contributed by atoms with van der Waals surface area (Å²) in [6.45, 7) is 4.67. The van der Waals surface area contributed by atoms with Crippen LogP contribution in [0.15, 0.2) is 48.5 Å². The maximum atomic E-state index is 6.27. The van der Waals surface area contributed by atoms with Crippen molar-refractivity contribution in [2.24, 2.45) is 5.92 Å². The van der Waals surface area contributed by atoms with Crippen LogP contribution in [0.1, 0.15) is 30.9 Å². The van der Waals surface area contributed by atoms with Gasteiger partial charge in [-0.15, -0.1) is 0 Å². The van der Waals surface area contributed by atoms with Gasteiger partial charge in [-0.1, -0.05) is 36.4 Å². The number of hydrogen-bond acceptors (Lipinski definition) is 3. The number of para-hydroxylation sites is 2. The lowest BCUT2D eigenvalue weighted by atomic mass is 9.97. The highest BCUT2D eigenvalue weighted by atomic mass is 16.5. The highest BCUT2D eigenvalue weighted by molar-refractivity contribution is 5.39. The molecule has 1 aliphatic heterocycles. The summed E-state index contributed by atoms with van der Waals surface area (Å²) in [4.78, 5) is 2.67. The number of rotatable bonds is 5. The number of hydrogen-bond donors (Lipinski definition) is 0. The molecule has 0 spiro atoms. The molecule has 2 aromatic carbocycles. The van der Waals surface area contributed by atoms with Gasteiger partial charge in [0.25, 0.3) is 0 Å². The highest BCUT2D eigenvalue weighted by Gasteiger charge is 2.30. The Bertz CT molecular complexity index is 719. The first kappa shape index (κ1) is 17.4. The SMILES string of the molecule is COc1ccccc1O[C@H]1CCN(CC2Cc3ccccc3C2)[C@H](C)C1. The molecule has 0 aromatic heterocycles. The lowest BCUT2D eigenvalue weighted by Crippen LogP contribution is -2.46. The summed E-state index contributed by atoms with van der Waals surface area (Å²) in [5.74, 6) is 2.46. The van der Waals surface area contributed by atoms with Gasteiger partial charge in [0.1, 0.15) is 6.10 Å². The number of methoxy groups -OCH3 is 1. The van der Waals surface area contributed by atoms with E-state index in [2.05, 4.69) is 36.1 Å². The zero-order valence-corrected chi connectivity index (χ0v) is 15.9. The second-order valence-corrected chi connectivity index (χ2v) is 7.80. The van der Waals surface area contributed by atoms with E-state index in [0.717, 1.165) is 36.8 Å². The van der Waals surface area contributed by atoms with E-state index in [0.29, 0.717) is 6.04 Å². The van der Waals surface area contributed by atoms with Gasteiger partial charge in [0.15, 0.2) is 11.5 Å². The van der Waals surface area contributed by atoms with Crippen LogP contribution in [0, 0.1) is 5.92 Å². The Morgan fingerprint density at radius 3 is 2.27 bits per heavy atom. The molecule has 0 saturated carbocycles. The number of likely N-dealkylation sites (tertiary alicyclic amines) is 1. The second-order valence-electron chi connectivity index (χ2n) is 7.80. The van der Waals surface area contributed by atoms with E-state index in [1.54, 1.807) is 18.2 Å². The third-order valence-corrected chi connectivity index (χ3v) is 5.96. The fourth-order valence-electron chi connectivity index (χ4n) is 4.56. The summed E-state index contributed by atoms with van der Waals surface area (Å²) < 4.78 is 11.7. The van der Waals surface area contributed by atoms with Gasteiger partial charge in [0.2, 0.25) is 0 Å². The fourth-order valence-corrected chi connectivity index (χ4v) is 4.56. The molecule has 0 N–H and O–H groups in total. The first-order chi connectivity index (χ1) is 12.7. The summed E-state index contributed by atoms with van der Waals surface area (Å²) >= 11 is 0. The molecule has 0 bridgehead atoms. The minimum Gasteiger partial charge on any atom is -0.493 e. The molecule has 138 valence electrons. The molecule has 1 saturated heterocycles. The predicted octanol–water partition coefficient (Wildman–Crippen LogP) is 4.34. The first-order valence-electron chi connectivity index (χ1n) is 9.83. The molecule has 1 aliphatic carbocycles. The van der Waals surface area contributed by atoms with Crippen LogP contribution in [0.4, 0.5) is 0 Å². The number of fused-ring (bicyclic) bond motifs is 1. The Labute approximate surface area is 156 Å². The number of nitrogens with zero attached hydrogens (tertiary/aromatic N) is 1. The van der Waals surface area contributed by atoms with Crippen molar-refractivity contribution in [1.29, 1.82) is 0 Å². The van der Waals surface area contributed by atoms with Crippen molar-refractivity contribution in [2.75, 3.05) is 20.2 Å². The normalized spacial score (nSPS) is 23.6. The van der Waals surface area contributed by atoms with E-state index < -0.39 is 0 Å². The summed E-state index contributed by atoms with van der Waals surface area (Å²) in [6.07, 6.45) is 4.92. The van der Waals surface area contributed by atoms with Crippen LogP contribution in [0.25, 0.3) is 0 Å². The highest BCUT2D eigenvalue weighted by Crippen LogP contribution is 2.32. The standard InChI is InChI=1S/C23H29NO2/c1-17-13-21(26-23-10-6-5-9-22(23)25-2)11-12-24(17)16-18-14-19-7-3-4-8-20(19)15-18/h3-10,17-18,21H,11-16H2,1-2H3/t17-,21+/m1/s1. The molecule has 1 heterocycles. The van der Waals surface area contributed by atoms with E-state index in [1.165, 1.54) is 19.4 Å². The quantitative estimate of drug-likeness (QED) is 0.800. The van der Waals surface area contributed by atoms with Crippen molar-refractivity contribution < 1.29 is 9.47 Å². The monoisotopic (exact) mass is 351 g/mol. The summed E-state index contributed by atoms with van der Waals surface area (Å²) in [5.41, 5.74) is 3.11. The van der Waals surface area contributed by atoms with Crippen molar-refractivity contribution in [3.8, 4) is 11.5 Å². The minimum atomic E-state index is 0.276. The Hall–Kier alpha value is -2.00. The molecule has 3 heteroatoms. The first-order valence-corrected chi connectivity index (χ1v) is 9.83. The Morgan fingerprint density at radius 1 is 0.962 bits per heavy atom. The average Bonchev–Trinajstić information content (AvgIpc) is 3.07. The molecular formula is C23H29NO2. The third-order valence-electron chi connectivity index (χ3n) is 5.96. The average molecular weight is 351 g/mol. The van der Waals surface area contributed by atoms with Crippen LogP contribution < -0.4 is 9.47 Å². The molecule has 2 aromatic rings. The molecule has 26 heavy (non-hydrogen) atoms. The zero-order chi connectivity index (χ0) is 17.9. The Morgan fingerprint density at radius 2 is 1.62 bits per heavy atom. The van der Waals surface area contributed by atoms with Crippen molar-refractivity contribution in [1.82, 2.24) is 4.90 Å². The summed E-state index contributed by atoms with van der Waals surface area (Å²) in [6, 6.07) is 17.5. The molecule has 0 unspecified atom stereocenters. The largest absolute Gasteiger partial charge is 0.493 e. The van der Waals surface area contributed by atoms with Crippen LogP contribution in [0.2, 0.25) is 0 Å². The van der Waals surface area contributed by atoms with E-state index >= 15 is 0 Å². The molecule has 0 radical (unpaired) electrons. The molecule has 1 fully saturated rings. The predicted molar refractivity (Wildman–Crippen MR) is 105 cm³/mol. The van der Waals surface area contributed by atoms with Crippen molar-refractivity contribution in [3.63, 3.8) is 0 Å². The zero-order valence-electron chi connectivity index (χ0n) is 15.9. The van der Waals surface area contributed by atoms with Gasteiger partial charge >= 0.3 is 0 Å². The van der Waals surface area contributed by atoms with Crippen molar-refractivity contribution in [2.45, 2.75) is 44.8 Å². The van der Waals surface area contributed by atoms with E-state index in [9.17, 15) is 0 Å². The van der Waals surface area contributed by atoms with Gasteiger partial charge in [-0.3, -0.25) is 0 Å². The Balaban J connectivity index is 1.31. The van der Waals surface area contributed by atoms with E-state index in [-0.39, 0.29) is 6.10 Å². The molecule has 3 nitrogen and oxygen atoms in total. The molecule has 2 atom stereocenters. The van der Waals surface area contributed by atoms with Crippen molar-refractivity contribution >= 4 is 0 Å². The summed E-state index contributed by atoms with van der Waals surface area (Å²) in [5, 5.41) is 0. The maximum absolute atomic E-state index is 6.27. The van der Waals surface area contributed by atoms with Crippen LogP contribution in [-0.4, -0.2) is 37.2 Å².